The lowest BCUT2D eigenvalue weighted by molar-refractivity contribution is -0.175. The van der Waals surface area contributed by atoms with E-state index in [4.69, 9.17) is 4.74 Å². The highest BCUT2D eigenvalue weighted by Crippen LogP contribution is 2.33. The molecular weight excluding hydrogens is 348 g/mol. The summed E-state index contributed by atoms with van der Waals surface area (Å²) in [6.45, 7) is 9.52. The van der Waals surface area contributed by atoms with Crippen molar-refractivity contribution in [1.29, 1.82) is 0 Å². The molecule has 0 bridgehead atoms. The van der Waals surface area contributed by atoms with Crippen molar-refractivity contribution in [1.82, 2.24) is 10.2 Å². The largest absolute Gasteiger partial charge is 0.452 e. The molecule has 152 valence electrons. The summed E-state index contributed by atoms with van der Waals surface area (Å²) in [5.74, 6) is -0.799. The highest BCUT2D eigenvalue weighted by atomic mass is 16.6. The molecule has 2 heterocycles. The van der Waals surface area contributed by atoms with Gasteiger partial charge in [-0.3, -0.25) is 19.2 Å². The maximum atomic E-state index is 12.9. The van der Waals surface area contributed by atoms with Gasteiger partial charge in [0.25, 0.3) is 5.91 Å². The van der Waals surface area contributed by atoms with E-state index in [1.807, 2.05) is 13.8 Å². The average molecular weight is 380 g/mol. The van der Waals surface area contributed by atoms with E-state index in [0.29, 0.717) is 38.6 Å². The van der Waals surface area contributed by atoms with E-state index < -0.39 is 23.6 Å². The van der Waals surface area contributed by atoms with Crippen LogP contribution in [0.15, 0.2) is 0 Å². The predicted molar refractivity (Wildman–Crippen MR) is 99.7 cm³/mol. The molecule has 3 atom stereocenters. The third-order valence-corrected chi connectivity index (χ3v) is 5.46. The summed E-state index contributed by atoms with van der Waals surface area (Å²) in [6, 6.07) is -1.15. The van der Waals surface area contributed by atoms with Crippen molar-refractivity contribution in [2.24, 2.45) is 11.3 Å². The molecule has 2 rings (SSSR count). The molecule has 0 spiro atoms. The number of likely N-dealkylation sites (tertiary alicyclic amines) is 1. The monoisotopic (exact) mass is 380 g/mol. The number of hydrogen-bond acceptors (Lipinski definition) is 5. The summed E-state index contributed by atoms with van der Waals surface area (Å²) in [6.07, 6.45) is 2.05. The first-order chi connectivity index (χ1) is 12.5. The van der Waals surface area contributed by atoms with Crippen LogP contribution < -0.4 is 5.32 Å². The molecular formula is C20H32N2O5. The Morgan fingerprint density at radius 2 is 1.93 bits per heavy atom. The van der Waals surface area contributed by atoms with Crippen LogP contribution in [-0.4, -0.2) is 53.2 Å². The Kier molecular flexibility index (Phi) is 6.65. The first-order valence-electron chi connectivity index (χ1n) is 9.85. The number of esters is 1. The van der Waals surface area contributed by atoms with Gasteiger partial charge in [0.15, 0.2) is 11.9 Å². The highest BCUT2D eigenvalue weighted by molar-refractivity contribution is 5.94. The second-order valence-electron chi connectivity index (χ2n) is 8.81. The number of Topliss-reactive ketones (excluding diaryl/α,β-unsaturated/α-hetero) is 1. The molecule has 2 amide bonds. The van der Waals surface area contributed by atoms with Crippen molar-refractivity contribution in [3.8, 4) is 0 Å². The van der Waals surface area contributed by atoms with E-state index in [2.05, 4.69) is 5.32 Å². The van der Waals surface area contributed by atoms with Gasteiger partial charge in [-0.2, -0.15) is 0 Å². The van der Waals surface area contributed by atoms with Crippen molar-refractivity contribution in [3.63, 3.8) is 0 Å². The maximum Gasteiger partial charge on any atom is 0.312 e. The lowest BCUT2D eigenvalue weighted by atomic mass is 9.84. The van der Waals surface area contributed by atoms with Crippen molar-refractivity contribution >= 4 is 23.6 Å². The summed E-state index contributed by atoms with van der Waals surface area (Å²) < 4.78 is 5.36. The predicted octanol–water partition coefficient (Wildman–Crippen LogP) is 1.83. The Bertz CT molecular complexity index is 613. The topological polar surface area (TPSA) is 92.8 Å². The van der Waals surface area contributed by atoms with Gasteiger partial charge in [0.2, 0.25) is 5.91 Å². The molecule has 2 fully saturated rings. The van der Waals surface area contributed by atoms with Gasteiger partial charge in [-0.05, 0) is 58.8 Å². The number of hydrogen-bond donors (Lipinski definition) is 1. The molecule has 2 saturated heterocycles. The average Bonchev–Trinajstić information content (AvgIpc) is 3.05. The third kappa shape index (κ3) is 5.08. The fraction of sp³-hybridized carbons (Fsp3) is 0.800. The molecule has 27 heavy (non-hydrogen) atoms. The van der Waals surface area contributed by atoms with Crippen LogP contribution in [0.5, 0.6) is 0 Å². The molecule has 0 aromatic carbocycles. The summed E-state index contributed by atoms with van der Waals surface area (Å²) in [7, 11) is 0. The summed E-state index contributed by atoms with van der Waals surface area (Å²) in [5, 5.41) is 2.81. The van der Waals surface area contributed by atoms with Gasteiger partial charge in [0, 0.05) is 6.54 Å². The van der Waals surface area contributed by atoms with Crippen molar-refractivity contribution in [2.75, 3.05) is 6.54 Å². The van der Waals surface area contributed by atoms with Gasteiger partial charge in [0.05, 0.1) is 11.5 Å². The Morgan fingerprint density at radius 1 is 1.26 bits per heavy atom. The Balaban J connectivity index is 2.03. The minimum Gasteiger partial charge on any atom is -0.452 e. The van der Waals surface area contributed by atoms with E-state index in [0.717, 1.165) is 0 Å². The molecule has 0 saturated carbocycles. The van der Waals surface area contributed by atoms with Gasteiger partial charge in [-0.1, -0.05) is 13.8 Å². The molecule has 0 aliphatic carbocycles. The number of cyclic esters (lactones) is 1. The molecule has 1 N–H and O–H groups in total. The Labute approximate surface area is 161 Å². The quantitative estimate of drug-likeness (QED) is 0.710. The number of ketones is 1. The van der Waals surface area contributed by atoms with Crippen LogP contribution in [0.4, 0.5) is 0 Å². The molecule has 0 aromatic heterocycles. The van der Waals surface area contributed by atoms with Crippen LogP contribution in [0.3, 0.4) is 0 Å². The van der Waals surface area contributed by atoms with Crippen LogP contribution in [0.25, 0.3) is 0 Å². The third-order valence-electron chi connectivity index (χ3n) is 5.46. The van der Waals surface area contributed by atoms with Crippen LogP contribution in [0.1, 0.15) is 66.7 Å². The van der Waals surface area contributed by atoms with Crippen molar-refractivity contribution in [2.45, 2.75) is 84.9 Å². The number of carbonyl (C=O) groups is 4. The van der Waals surface area contributed by atoms with Crippen molar-refractivity contribution < 1.29 is 23.9 Å². The molecule has 0 radical (unpaired) electrons. The number of nitrogens with one attached hydrogen (secondary N) is 1. The molecule has 7 heteroatoms. The zero-order valence-corrected chi connectivity index (χ0v) is 17.0. The first kappa shape index (κ1) is 21.4. The van der Waals surface area contributed by atoms with Crippen LogP contribution in [0.2, 0.25) is 0 Å². The fourth-order valence-electron chi connectivity index (χ4n) is 3.67. The standard InChI is InChI=1S/C20H32N2O5/c1-12(2)11-14(13(3)23)21-17(24)15-7-6-10-22(15)18(25)16-8-9-20(4,5)19(26)27-16/h12,14-16H,6-11H2,1-5H3,(H,21,24). The van der Waals surface area contributed by atoms with Gasteiger partial charge < -0.3 is 15.0 Å². The highest BCUT2D eigenvalue weighted by Gasteiger charge is 2.44. The maximum absolute atomic E-state index is 12.9. The van der Waals surface area contributed by atoms with Gasteiger partial charge >= 0.3 is 5.97 Å². The van der Waals surface area contributed by atoms with E-state index in [-0.39, 0.29) is 29.5 Å². The number of rotatable bonds is 6. The molecule has 0 aromatic rings. The summed E-state index contributed by atoms with van der Waals surface area (Å²) in [4.78, 5) is 51.0. The van der Waals surface area contributed by atoms with Crippen LogP contribution in [-0.2, 0) is 23.9 Å². The van der Waals surface area contributed by atoms with Gasteiger partial charge in [0.1, 0.15) is 6.04 Å². The second kappa shape index (κ2) is 8.40. The van der Waals surface area contributed by atoms with Crippen LogP contribution in [0, 0.1) is 11.3 Å². The zero-order chi connectivity index (χ0) is 20.4. The SMILES string of the molecule is CC(=O)C(CC(C)C)NC(=O)C1CCCN1C(=O)C1CCC(C)(C)C(=O)O1. The summed E-state index contributed by atoms with van der Waals surface area (Å²) in [5.41, 5.74) is -0.579. The number of ether oxygens (including phenoxy) is 1. The van der Waals surface area contributed by atoms with E-state index in [1.54, 1.807) is 13.8 Å². The van der Waals surface area contributed by atoms with E-state index >= 15 is 0 Å². The molecule has 3 unspecified atom stereocenters. The number of nitrogens with zero attached hydrogens (tertiary/aromatic N) is 1. The van der Waals surface area contributed by atoms with Gasteiger partial charge in [-0.25, -0.2) is 0 Å². The lowest BCUT2D eigenvalue weighted by Gasteiger charge is -2.35. The van der Waals surface area contributed by atoms with Crippen molar-refractivity contribution in [3.05, 3.63) is 0 Å². The van der Waals surface area contributed by atoms with E-state index in [9.17, 15) is 19.2 Å². The number of amides is 2. The smallest absolute Gasteiger partial charge is 0.312 e. The molecule has 7 nitrogen and oxygen atoms in total. The fourth-order valence-corrected chi connectivity index (χ4v) is 3.67. The normalized spacial score (nSPS) is 25.9. The molecule has 2 aliphatic rings. The minimum atomic E-state index is -0.821. The lowest BCUT2D eigenvalue weighted by Crippen LogP contribution is -2.54. The van der Waals surface area contributed by atoms with E-state index in [1.165, 1.54) is 11.8 Å². The minimum absolute atomic E-state index is 0.0867. The zero-order valence-electron chi connectivity index (χ0n) is 17.0. The van der Waals surface area contributed by atoms with Crippen LogP contribution >= 0.6 is 0 Å². The second-order valence-corrected chi connectivity index (χ2v) is 8.81. The number of carbonyl (C=O) groups excluding carboxylic acids is 4. The first-order valence-corrected chi connectivity index (χ1v) is 9.85. The Morgan fingerprint density at radius 3 is 2.48 bits per heavy atom. The summed E-state index contributed by atoms with van der Waals surface area (Å²) >= 11 is 0. The molecule has 2 aliphatic heterocycles. The Hall–Kier alpha value is -1.92. The van der Waals surface area contributed by atoms with Gasteiger partial charge in [-0.15, -0.1) is 0 Å².